The van der Waals surface area contributed by atoms with Crippen LogP contribution in [0.4, 0.5) is 0 Å². The van der Waals surface area contributed by atoms with Crippen molar-refractivity contribution in [2.24, 2.45) is 0 Å². The van der Waals surface area contributed by atoms with E-state index in [2.05, 4.69) is 5.32 Å². The van der Waals surface area contributed by atoms with Crippen LogP contribution >= 0.6 is 0 Å². The van der Waals surface area contributed by atoms with Gasteiger partial charge >= 0.3 is 5.97 Å². The van der Waals surface area contributed by atoms with E-state index in [0.717, 1.165) is 6.42 Å². The Morgan fingerprint density at radius 1 is 1.43 bits per heavy atom. The highest BCUT2D eigenvalue weighted by atomic mass is 16.4. The van der Waals surface area contributed by atoms with Gasteiger partial charge in [-0.25, -0.2) is 4.79 Å². The largest absolute Gasteiger partial charge is 0.480 e. The summed E-state index contributed by atoms with van der Waals surface area (Å²) in [5.41, 5.74) is 0. The third-order valence-corrected chi connectivity index (χ3v) is 1.67. The number of rotatable bonds is 6. The summed E-state index contributed by atoms with van der Waals surface area (Å²) in [6, 6.07) is -0.757. The number of nitrogens with zero attached hydrogens (tertiary/aromatic N) is 1. The van der Waals surface area contributed by atoms with Crippen LogP contribution in [0.1, 0.15) is 19.8 Å². The van der Waals surface area contributed by atoms with Gasteiger partial charge in [0.1, 0.15) is 6.04 Å². The molecule has 0 aliphatic carbocycles. The molecule has 0 fully saturated rings. The normalized spacial score (nSPS) is 12.6. The van der Waals surface area contributed by atoms with E-state index in [9.17, 15) is 9.59 Å². The van der Waals surface area contributed by atoms with Gasteiger partial charge in [0.2, 0.25) is 5.91 Å². The molecule has 0 aromatic carbocycles. The van der Waals surface area contributed by atoms with Gasteiger partial charge in [-0.05, 0) is 20.5 Å². The summed E-state index contributed by atoms with van der Waals surface area (Å²) < 4.78 is 0. The van der Waals surface area contributed by atoms with Crippen molar-refractivity contribution in [1.82, 2.24) is 10.2 Å². The molecule has 0 radical (unpaired) electrons. The quantitative estimate of drug-likeness (QED) is 0.632. The third kappa shape index (κ3) is 5.53. The number of nitrogens with one attached hydrogen (secondary N) is 1. The van der Waals surface area contributed by atoms with Crippen LogP contribution < -0.4 is 5.32 Å². The van der Waals surface area contributed by atoms with E-state index >= 15 is 0 Å². The fourth-order valence-electron chi connectivity index (χ4n) is 1.07. The van der Waals surface area contributed by atoms with Crippen LogP contribution in [0, 0.1) is 0 Å². The first-order chi connectivity index (χ1) is 6.47. The van der Waals surface area contributed by atoms with Crippen LogP contribution in [-0.2, 0) is 9.59 Å². The molecular weight excluding hydrogens is 184 g/mol. The Bertz CT molecular complexity index is 204. The Labute approximate surface area is 84.1 Å². The predicted octanol–water partition coefficient (Wildman–Crippen LogP) is -0.0825. The van der Waals surface area contributed by atoms with Crippen LogP contribution in [0.2, 0.25) is 0 Å². The van der Waals surface area contributed by atoms with E-state index in [4.69, 9.17) is 5.11 Å². The van der Waals surface area contributed by atoms with E-state index in [-0.39, 0.29) is 12.5 Å². The molecule has 14 heavy (non-hydrogen) atoms. The predicted molar refractivity (Wildman–Crippen MR) is 53.0 cm³/mol. The molecule has 0 aliphatic rings. The summed E-state index contributed by atoms with van der Waals surface area (Å²) in [6.45, 7) is 2.10. The fourth-order valence-corrected chi connectivity index (χ4v) is 1.07. The molecule has 0 saturated carbocycles. The molecule has 0 spiro atoms. The summed E-state index contributed by atoms with van der Waals surface area (Å²) in [5, 5.41) is 11.2. The van der Waals surface area contributed by atoms with Crippen molar-refractivity contribution in [2.75, 3.05) is 20.6 Å². The SMILES string of the molecule is CCC[C@H](NC(=O)CN(C)C)C(=O)O. The first kappa shape index (κ1) is 12.9. The zero-order valence-corrected chi connectivity index (χ0v) is 8.91. The Hall–Kier alpha value is -1.10. The number of carbonyl (C=O) groups excluding carboxylic acids is 1. The van der Waals surface area contributed by atoms with Crippen molar-refractivity contribution in [3.63, 3.8) is 0 Å². The van der Waals surface area contributed by atoms with Crippen LogP contribution in [0.15, 0.2) is 0 Å². The highest BCUT2D eigenvalue weighted by Crippen LogP contribution is 1.96. The maximum absolute atomic E-state index is 11.2. The zero-order chi connectivity index (χ0) is 11.1. The van der Waals surface area contributed by atoms with E-state index in [1.807, 2.05) is 6.92 Å². The molecule has 0 aromatic rings. The summed E-state index contributed by atoms with van der Waals surface area (Å²) in [7, 11) is 3.52. The average Bonchev–Trinajstić information content (AvgIpc) is 2.01. The number of aliphatic carboxylic acids is 1. The van der Waals surface area contributed by atoms with Crippen LogP contribution in [0.25, 0.3) is 0 Å². The number of hydrogen-bond donors (Lipinski definition) is 2. The number of carboxylic acids is 1. The summed E-state index contributed by atoms with van der Waals surface area (Å²) in [4.78, 5) is 23.6. The van der Waals surface area contributed by atoms with Crippen molar-refractivity contribution in [3.05, 3.63) is 0 Å². The molecule has 0 unspecified atom stereocenters. The topological polar surface area (TPSA) is 69.6 Å². The lowest BCUT2D eigenvalue weighted by atomic mass is 10.1. The lowest BCUT2D eigenvalue weighted by Crippen LogP contribution is -2.44. The molecule has 0 aliphatic heterocycles. The molecule has 0 aromatic heterocycles. The number of carbonyl (C=O) groups is 2. The highest BCUT2D eigenvalue weighted by molar-refractivity contribution is 5.84. The van der Waals surface area contributed by atoms with E-state index < -0.39 is 12.0 Å². The summed E-state index contributed by atoms with van der Waals surface area (Å²) in [5.74, 6) is -1.23. The van der Waals surface area contributed by atoms with Gasteiger partial charge in [0.15, 0.2) is 0 Å². The van der Waals surface area contributed by atoms with Gasteiger partial charge < -0.3 is 15.3 Å². The Morgan fingerprint density at radius 2 is 2.00 bits per heavy atom. The molecule has 0 heterocycles. The molecule has 1 atom stereocenters. The van der Waals surface area contributed by atoms with Gasteiger partial charge in [0.05, 0.1) is 6.54 Å². The lowest BCUT2D eigenvalue weighted by molar-refractivity contribution is -0.142. The molecule has 0 saturated heterocycles. The standard InChI is InChI=1S/C9H18N2O3/c1-4-5-7(9(13)14)10-8(12)6-11(2)3/h7H,4-6H2,1-3H3,(H,10,12)(H,13,14)/t7-/m0/s1. The van der Waals surface area contributed by atoms with Crippen molar-refractivity contribution in [3.8, 4) is 0 Å². The number of carboxylic acid groups (broad SMARTS) is 1. The third-order valence-electron chi connectivity index (χ3n) is 1.67. The van der Waals surface area contributed by atoms with Crippen molar-refractivity contribution in [1.29, 1.82) is 0 Å². The second-order valence-corrected chi connectivity index (χ2v) is 3.48. The van der Waals surface area contributed by atoms with Gasteiger partial charge in [-0.15, -0.1) is 0 Å². The fraction of sp³-hybridized carbons (Fsp3) is 0.778. The number of amides is 1. The first-order valence-corrected chi connectivity index (χ1v) is 4.64. The molecule has 82 valence electrons. The van der Waals surface area contributed by atoms with E-state index in [1.165, 1.54) is 0 Å². The van der Waals surface area contributed by atoms with Crippen molar-refractivity contribution >= 4 is 11.9 Å². The summed E-state index contributed by atoms with van der Waals surface area (Å²) >= 11 is 0. The Morgan fingerprint density at radius 3 is 2.36 bits per heavy atom. The van der Waals surface area contributed by atoms with Crippen LogP contribution in [0.5, 0.6) is 0 Å². The number of hydrogen-bond acceptors (Lipinski definition) is 3. The number of likely N-dealkylation sites (N-methyl/N-ethyl adjacent to an activating group) is 1. The van der Waals surface area contributed by atoms with E-state index in [0.29, 0.717) is 6.42 Å². The monoisotopic (exact) mass is 202 g/mol. The minimum absolute atomic E-state index is 0.216. The summed E-state index contributed by atoms with van der Waals surface area (Å²) in [6.07, 6.45) is 1.20. The maximum Gasteiger partial charge on any atom is 0.326 e. The van der Waals surface area contributed by atoms with Crippen LogP contribution in [-0.4, -0.2) is 48.6 Å². The van der Waals surface area contributed by atoms with Gasteiger partial charge in [0.25, 0.3) is 0 Å². The minimum atomic E-state index is -0.973. The average molecular weight is 202 g/mol. The van der Waals surface area contributed by atoms with Gasteiger partial charge in [-0.1, -0.05) is 13.3 Å². The Kier molecular flexibility index (Phi) is 5.87. The molecule has 0 bridgehead atoms. The molecule has 5 nitrogen and oxygen atoms in total. The first-order valence-electron chi connectivity index (χ1n) is 4.64. The van der Waals surface area contributed by atoms with Crippen molar-refractivity contribution < 1.29 is 14.7 Å². The van der Waals surface area contributed by atoms with Crippen LogP contribution in [0.3, 0.4) is 0 Å². The second kappa shape index (κ2) is 6.37. The molecule has 2 N–H and O–H groups in total. The van der Waals surface area contributed by atoms with Gasteiger partial charge in [-0.2, -0.15) is 0 Å². The maximum atomic E-state index is 11.2. The molecule has 0 rings (SSSR count). The smallest absolute Gasteiger partial charge is 0.326 e. The second-order valence-electron chi connectivity index (χ2n) is 3.48. The van der Waals surface area contributed by atoms with E-state index in [1.54, 1.807) is 19.0 Å². The molecular formula is C9H18N2O3. The van der Waals surface area contributed by atoms with Gasteiger partial charge in [0, 0.05) is 0 Å². The molecule has 1 amide bonds. The highest BCUT2D eigenvalue weighted by Gasteiger charge is 2.18. The van der Waals surface area contributed by atoms with Gasteiger partial charge in [-0.3, -0.25) is 4.79 Å². The van der Waals surface area contributed by atoms with Crippen molar-refractivity contribution in [2.45, 2.75) is 25.8 Å². The molecule has 5 heteroatoms. The minimum Gasteiger partial charge on any atom is -0.480 e. The Balaban J connectivity index is 4.02. The lowest BCUT2D eigenvalue weighted by Gasteiger charge is -2.15. The zero-order valence-electron chi connectivity index (χ0n) is 8.91.